The number of nitrogens with zero attached hydrogens (tertiary/aromatic N) is 1. The lowest BCUT2D eigenvalue weighted by molar-refractivity contribution is -0.0997. The lowest BCUT2D eigenvalue weighted by atomic mass is 9.77. The molecule has 0 aromatic heterocycles. The highest BCUT2D eigenvalue weighted by molar-refractivity contribution is 5.35. The van der Waals surface area contributed by atoms with Gasteiger partial charge >= 0.3 is 0 Å². The summed E-state index contributed by atoms with van der Waals surface area (Å²) in [7, 11) is 0. The zero-order valence-electron chi connectivity index (χ0n) is 11.8. The van der Waals surface area contributed by atoms with Gasteiger partial charge in [0.1, 0.15) is 0 Å². The summed E-state index contributed by atoms with van der Waals surface area (Å²) in [6, 6.07) is 1.89. The lowest BCUT2D eigenvalue weighted by Gasteiger charge is -2.42. The zero-order valence-corrected chi connectivity index (χ0v) is 11.8. The molecule has 0 radical (unpaired) electrons. The summed E-state index contributed by atoms with van der Waals surface area (Å²) in [5.41, 5.74) is 0.138. The van der Waals surface area contributed by atoms with Gasteiger partial charge in [-0.25, -0.2) is 10.4 Å². The van der Waals surface area contributed by atoms with E-state index in [1.165, 1.54) is 32.1 Å². The van der Waals surface area contributed by atoms with Gasteiger partial charge in [0, 0.05) is 19.6 Å². The number of nitrogens with one attached hydrogen (secondary N) is 2. The first kappa shape index (κ1) is 15.4. The van der Waals surface area contributed by atoms with Gasteiger partial charge in [-0.15, -0.1) is 0 Å². The maximum absolute atomic E-state index is 6.19. The van der Waals surface area contributed by atoms with Gasteiger partial charge in [0.2, 0.25) is 0 Å². The maximum Gasteiger partial charge on any atom is 0.0861 e. The largest absolute Gasteiger partial charge is 0.372 e. The van der Waals surface area contributed by atoms with E-state index in [0.717, 1.165) is 25.6 Å². The zero-order chi connectivity index (χ0) is 13.3. The van der Waals surface area contributed by atoms with Crippen molar-refractivity contribution in [3.8, 4) is 0 Å². The topological polar surface area (TPSA) is 57.5 Å². The standard InChI is InChI=1S/C11H21NO.C3H6N2/c1-11(9-12-7-8-13-11)10-5-3-2-4-6-10;1-2-5-3-4/h10,12H,2-9H2,1H3;4H,2H2,1H3. The van der Waals surface area contributed by atoms with Crippen molar-refractivity contribution >= 4 is 6.01 Å². The monoisotopic (exact) mass is 253 g/mol. The molecule has 2 N–H and O–H groups in total. The third-order valence-electron chi connectivity index (χ3n) is 3.89. The Morgan fingerprint density at radius 3 is 2.56 bits per heavy atom. The van der Waals surface area contributed by atoms with Crippen molar-refractivity contribution in [2.24, 2.45) is 10.9 Å². The molecular weight excluding hydrogens is 226 g/mol. The molecule has 1 saturated carbocycles. The summed E-state index contributed by atoms with van der Waals surface area (Å²) in [5.74, 6) is 0.800. The molecule has 1 heterocycles. The SMILES string of the molecule is CC1(C2CCCCC2)CNCCO1.CCN=C=N. The molecule has 1 saturated heterocycles. The number of hydrogen-bond acceptors (Lipinski definition) is 4. The molecule has 1 aliphatic carbocycles. The Balaban J connectivity index is 0.000000280. The summed E-state index contributed by atoms with van der Waals surface area (Å²) in [4.78, 5) is 3.39. The van der Waals surface area contributed by atoms with Crippen LogP contribution in [0.5, 0.6) is 0 Å². The molecule has 0 bridgehead atoms. The van der Waals surface area contributed by atoms with Gasteiger partial charge in [0.15, 0.2) is 0 Å². The van der Waals surface area contributed by atoms with E-state index in [0.29, 0.717) is 6.54 Å². The minimum absolute atomic E-state index is 0.138. The first-order valence-electron chi connectivity index (χ1n) is 7.16. The van der Waals surface area contributed by atoms with Crippen LogP contribution in [0.3, 0.4) is 0 Å². The number of aliphatic imine (C=N–C) groups is 1. The molecule has 2 rings (SSSR count). The van der Waals surface area contributed by atoms with Crippen molar-refractivity contribution in [2.75, 3.05) is 26.2 Å². The van der Waals surface area contributed by atoms with Crippen LogP contribution in [-0.2, 0) is 4.74 Å². The number of ether oxygens (including phenoxy) is 1. The van der Waals surface area contributed by atoms with E-state index in [2.05, 4.69) is 17.2 Å². The quantitative estimate of drug-likeness (QED) is 0.743. The second kappa shape index (κ2) is 8.41. The molecule has 18 heavy (non-hydrogen) atoms. The number of hydrogen-bond donors (Lipinski definition) is 2. The Morgan fingerprint density at radius 1 is 1.39 bits per heavy atom. The molecule has 2 fully saturated rings. The fourth-order valence-corrected chi connectivity index (χ4v) is 2.80. The Morgan fingerprint density at radius 2 is 2.11 bits per heavy atom. The van der Waals surface area contributed by atoms with Gasteiger partial charge in [-0.3, -0.25) is 0 Å². The molecule has 104 valence electrons. The molecule has 2 aliphatic rings. The predicted octanol–water partition coefficient (Wildman–Crippen LogP) is 2.70. The maximum atomic E-state index is 6.19. The molecule has 1 unspecified atom stereocenters. The van der Waals surface area contributed by atoms with E-state index < -0.39 is 0 Å². The predicted molar refractivity (Wildman–Crippen MR) is 74.5 cm³/mol. The summed E-state index contributed by atoms with van der Waals surface area (Å²) in [5, 5.41) is 9.63. The number of morpholine rings is 1. The van der Waals surface area contributed by atoms with Crippen LogP contribution in [0.25, 0.3) is 0 Å². The van der Waals surface area contributed by atoms with Gasteiger partial charge in [0.25, 0.3) is 0 Å². The highest BCUT2D eigenvalue weighted by Gasteiger charge is 2.36. The smallest absolute Gasteiger partial charge is 0.0861 e. The van der Waals surface area contributed by atoms with Crippen molar-refractivity contribution in [1.29, 1.82) is 5.41 Å². The van der Waals surface area contributed by atoms with Crippen molar-refractivity contribution < 1.29 is 4.74 Å². The minimum atomic E-state index is 0.138. The summed E-state index contributed by atoms with van der Waals surface area (Å²) >= 11 is 0. The van der Waals surface area contributed by atoms with Crippen LogP contribution >= 0.6 is 0 Å². The highest BCUT2D eigenvalue weighted by Crippen LogP contribution is 2.35. The third kappa shape index (κ3) is 4.89. The van der Waals surface area contributed by atoms with Crippen LogP contribution in [-0.4, -0.2) is 37.9 Å². The lowest BCUT2D eigenvalue weighted by Crippen LogP contribution is -2.52. The summed E-state index contributed by atoms with van der Waals surface area (Å²) < 4.78 is 5.94. The third-order valence-corrected chi connectivity index (χ3v) is 3.89. The molecule has 0 amide bonds. The Bertz CT molecular complexity index is 262. The number of rotatable bonds is 2. The Hall–Kier alpha value is -0.700. The van der Waals surface area contributed by atoms with Crippen molar-refractivity contribution in [2.45, 2.75) is 51.6 Å². The fourth-order valence-electron chi connectivity index (χ4n) is 2.80. The molecule has 4 nitrogen and oxygen atoms in total. The molecule has 0 aromatic rings. The molecule has 1 aliphatic heterocycles. The van der Waals surface area contributed by atoms with Gasteiger partial charge in [-0.1, -0.05) is 19.3 Å². The van der Waals surface area contributed by atoms with Crippen molar-refractivity contribution in [1.82, 2.24) is 5.32 Å². The molecule has 0 aromatic carbocycles. The average molecular weight is 253 g/mol. The first-order chi connectivity index (χ1) is 8.73. The van der Waals surface area contributed by atoms with Crippen molar-refractivity contribution in [3.63, 3.8) is 0 Å². The van der Waals surface area contributed by atoms with Crippen LogP contribution in [0.4, 0.5) is 0 Å². The van der Waals surface area contributed by atoms with E-state index in [1.807, 2.05) is 12.9 Å². The average Bonchev–Trinajstić information content (AvgIpc) is 2.42. The van der Waals surface area contributed by atoms with Gasteiger partial charge in [-0.05, 0) is 32.6 Å². The van der Waals surface area contributed by atoms with E-state index in [9.17, 15) is 0 Å². The van der Waals surface area contributed by atoms with Gasteiger partial charge in [-0.2, -0.15) is 0 Å². The highest BCUT2D eigenvalue weighted by atomic mass is 16.5. The van der Waals surface area contributed by atoms with E-state index in [1.54, 1.807) is 0 Å². The molecule has 4 heteroatoms. The van der Waals surface area contributed by atoms with Crippen LogP contribution in [0, 0.1) is 11.3 Å². The fraction of sp³-hybridized carbons (Fsp3) is 0.929. The normalized spacial score (nSPS) is 28.8. The van der Waals surface area contributed by atoms with E-state index in [-0.39, 0.29) is 5.60 Å². The second-order valence-corrected chi connectivity index (χ2v) is 5.26. The Kier molecular flexibility index (Phi) is 7.18. The minimum Gasteiger partial charge on any atom is -0.372 e. The van der Waals surface area contributed by atoms with Gasteiger partial charge in [0.05, 0.1) is 18.2 Å². The van der Waals surface area contributed by atoms with E-state index in [4.69, 9.17) is 10.1 Å². The second-order valence-electron chi connectivity index (χ2n) is 5.26. The van der Waals surface area contributed by atoms with Crippen LogP contribution < -0.4 is 5.32 Å². The summed E-state index contributed by atoms with van der Waals surface area (Å²) in [6.45, 7) is 7.80. The van der Waals surface area contributed by atoms with Crippen molar-refractivity contribution in [3.05, 3.63) is 0 Å². The molecule has 0 spiro atoms. The molecular formula is C14H27N3O. The summed E-state index contributed by atoms with van der Waals surface area (Å²) in [6.07, 6.45) is 6.99. The van der Waals surface area contributed by atoms with Crippen LogP contribution in [0.1, 0.15) is 46.0 Å². The Labute approximate surface area is 111 Å². The van der Waals surface area contributed by atoms with Crippen LogP contribution in [0.2, 0.25) is 0 Å². The molecule has 1 atom stereocenters. The van der Waals surface area contributed by atoms with Gasteiger partial charge < -0.3 is 10.1 Å². The van der Waals surface area contributed by atoms with Crippen LogP contribution in [0.15, 0.2) is 4.99 Å². The first-order valence-corrected chi connectivity index (χ1v) is 7.16. The van der Waals surface area contributed by atoms with E-state index >= 15 is 0 Å².